The Kier molecular flexibility index (Phi) is 12.2. The summed E-state index contributed by atoms with van der Waals surface area (Å²) in [6, 6.07) is 16.2. The molecule has 2 atom stereocenters. The van der Waals surface area contributed by atoms with Crippen LogP contribution in [-0.2, 0) is 32.4 Å². The monoisotopic (exact) mass is 748 g/mol. The molecular formula is C38H39F3N6O5S. The standard InChI is InChI=1S/C38H39F3N6O5S/c1-38(2,3)52-37(49)46-17-18-47(53(50,51)31-13-5-4-6-14-31)30(24-46)15-16-32-27(22-43-23-33(32)41)21-34(48)36(44-45-42)35(25-9-7-11-28(39)19-25)26-10-8-12-29(40)20-26/h4-14,19-20,22-23,30,35-36H,15-18,21,24H2,1-3H3/t30-,36+/m0/s1. The molecule has 0 bridgehead atoms. The lowest BCUT2D eigenvalue weighted by Gasteiger charge is -2.41. The lowest BCUT2D eigenvalue weighted by atomic mass is 9.82. The van der Waals surface area contributed by atoms with Crippen molar-refractivity contribution in [1.29, 1.82) is 0 Å². The maximum absolute atomic E-state index is 15.6. The van der Waals surface area contributed by atoms with E-state index in [1.807, 2.05) is 0 Å². The topological polar surface area (TPSA) is 146 Å². The summed E-state index contributed by atoms with van der Waals surface area (Å²) in [5.41, 5.74) is 9.47. The Bertz CT molecular complexity index is 2060. The van der Waals surface area contributed by atoms with Crippen molar-refractivity contribution >= 4 is 21.9 Å². The zero-order chi connectivity index (χ0) is 38.3. The third kappa shape index (κ3) is 9.60. The maximum Gasteiger partial charge on any atom is 0.410 e. The summed E-state index contributed by atoms with van der Waals surface area (Å²) >= 11 is 0. The van der Waals surface area contributed by atoms with E-state index in [4.69, 9.17) is 4.74 Å². The highest BCUT2D eigenvalue weighted by Crippen LogP contribution is 2.33. The Morgan fingerprint density at radius 3 is 2.19 bits per heavy atom. The normalized spacial score (nSPS) is 15.8. The van der Waals surface area contributed by atoms with Crippen molar-refractivity contribution in [2.75, 3.05) is 19.6 Å². The number of ketones is 1. The number of hydrogen-bond acceptors (Lipinski definition) is 7. The van der Waals surface area contributed by atoms with Gasteiger partial charge in [0.2, 0.25) is 10.0 Å². The van der Waals surface area contributed by atoms with Gasteiger partial charge in [0.25, 0.3) is 0 Å². The molecule has 1 saturated heterocycles. The number of hydrogen-bond donors (Lipinski definition) is 0. The third-order valence-corrected chi connectivity index (χ3v) is 10.8. The molecule has 0 unspecified atom stereocenters. The molecule has 11 nitrogen and oxygen atoms in total. The van der Waals surface area contributed by atoms with Gasteiger partial charge in [-0.15, -0.1) is 0 Å². The molecule has 0 N–H and O–H groups in total. The van der Waals surface area contributed by atoms with Crippen molar-refractivity contribution in [1.82, 2.24) is 14.2 Å². The number of carbonyl (C=O) groups is 2. The fraction of sp³-hybridized carbons (Fsp3) is 0.342. The first-order chi connectivity index (χ1) is 25.2. The molecule has 4 aromatic rings. The van der Waals surface area contributed by atoms with Gasteiger partial charge in [0.1, 0.15) is 34.9 Å². The number of Topliss-reactive ketones (excluding diaryl/α,β-unsaturated/α-hetero) is 1. The first kappa shape index (κ1) is 39.0. The highest BCUT2D eigenvalue weighted by atomic mass is 32.2. The Hall–Kier alpha value is -5.24. The van der Waals surface area contributed by atoms with E-state index in [9.17, 15) is 32.3 Å². The quantitative estimate of drug-likeness (QED) is 0.0841. The molecule has 2 heterocycles. The van der Waals surface area contributed by atoms with E-state index in [0.29, 0.717) is 0 Å². The minimum Gasteiger partial charge on any atom is -0.444 e. The number of pyridine rings is 1. The number of rotatable bonds is 12. The van der Waals surface area contributed by atoms with Gasteiger partial charge in [-0.2, -0.15) is 4.31 Å². The SMILES string of the molecule is CC(C)(C)OC(=O)N1CCN(S(=O)(=O)c2ccccc2)[C@@H](CCc2c(F)cncc2CC(=O)[C@@H](N=[N+]=[N-])C(c2cccc(F)c2)c2cccc(F)c2)C1. The number of piperazine rings is 1. The lowest BCUT2D eigenvalue weighted by molar-refractivity contribution is -0.119. The highest BCUT2D eigenvalue weighted by Gasteiger charge is 2.39. The fourth-order valence-electron chi connectivity index (χ4n) is 6.48. The van der Waals surface area contributed by atoms with Crippen molar-refractivity contribution in [3.8, 4) is 0 Å². The van der Waals surface area contributed by atoms with Crippen molar-refractivity contribution in [3.05, 3.63) is 141 Å². The molecule has 5 rings (SSSR count). The summed E-state index contributed by atoms with van der Waals surface area (Å²) < 4.78 is 79.0. The number of nitrogens with zero attached hydrogens (tertiary/aromatic N) is 6. The van der Waals surface area contributed by atoms with Gasteiger partial charge in [-0.05, 0) is 97.8 Å². The van der Waals surface area contributed by atoms with Crippen LogP contribution in [0.25, 0.3) is 10.4 Å². The van der Waals surface area contributed by atoms with Crippen LogP contribution in [0.1, 0.15) is 55.4 Å². The number of carbonyl (C=O) groups excluding carboxylic acids is 2. The Morgan fingerprint density at radius 1 is 0.962 bits per heavy atom. The maximum atomic E-state index is 15.6. The van der Waals surface area contributed by atoms with Gasteiger partial charge < -0.3 is 9.64 Å². The van der Waals surface area contributed by atoms with Gasteiger partial charge in [0.15, 0.2) is 0 Å². The van der Waals surface area contributed by atoms with Crippen molar-refractivity contribution in [3.63, 3.8) is 0 Å². The van der Waals surface area contributed by atoms with E-state index >= 15 is 4.39 Å². The third-order valence-electron chi connectivity index (χ3n) is 8.85. The number of benzene rings is 3. The van der Waals surface area contributed by atoms with Crippen molar-refractivity contribution in [2.24, 2.45) is 5.11 Å². The van der Waals surface area contributed by atoms with E-state index in [1.54, 1.807) is 39.0 Å². The second kappa shape index (κ2) is 16.6. The Balaban J connectivity index is 1.45. The predicted octanol–water partition coefficient (Wildman–Crippen LogP) is 7.36. The number of aromatic nitrogens is 1. The molecule has 3 aromatic carbocycles. The molecule has 0 saturated carbocycles. The van der Waals surface area contributed by atoms with E-state index in [1.165, 1.54) is 63.9 Å². The summed E-state index contributed by atoms with van der Waals surface area (Å²) in [7, 11) is -4.03. The Morgan fingerprint density at radius 2 is 1.60 bits per heavy atom. The van der Waals surface area contributed by atoms with E-state index in [0.717, 1.165) is 18.3 Å². The molecule has 0 spiro atoms. The summed E-state index contributed by atoms with van der Waals surface area (Å²) in [4.78, 5) is 35.4. The molecule has 1 aliphatic heterocycles. The molecule has 1 aromatic heterocycles. The van der Waals surface area contributed by atoms with Gasteiger partial charge in [-0.1, -0.05) is 47.6 Å². The predicted molar refractivity (Wildman–Crippen MR) is 191 cm³/mol. The molecule has 53 heavy (non-hydrogen) atoms. The van der Waals surface area contributed by atoms with Crippen LogP contribution in [0.2, 0.25) is 0 Å². The zero-order valence-electron chi connectivity index (χ0n) is 29.4. The van der Waals surface area contributed by atoms with Crippen LogP contribution < -0.4 is 0 Å². The second-order valence-electron chi connectivity index (χ2n) is 13.7. The molecule has 1 fully saturated rings. The first-order valence-electron chi connectivity index (χ1n) is 16.9. The minimum atomic E-state index is -4.03. The first-order valence-corrected chi connectivity index (χ1v) is 18.4. The fourth-order valence-corrected chi connectivity index (χ4v) is 8.14. The summed E-state index contributed by atoms with van der Waals surface area (Å²) in [5, 5.41) is 3.77. The van der Waals surface area contributed by atoms with Gasteiger partial charge in [-0.3, -0.25) is 9.78 Å². The molecule has 278 valence electrons. The van der Waals surface area contributed by atoms with E-state index in [2.05, 4.69) is 15.0 Å². The van der Waals surface area contributed by atoms with Gasteiger partial charge in [-0.25, -0.2) is 26.4 Å². The van der Waals surface area contributed by atoms with Gasteiger partial charge in [0.05, 0.1) is 11.1 Å². The minimum absolute atomic E-state index is 0.0378. The number of halogens is 3. The summed E-state index contributed by atoms with van der Waals surface area (Å²) in [6.07, 6.45) is 1.18. The van der Waals surface area contributed by atoms with Crippen LogP contribution >= 0.6 is 0 Å². The number of sulfonamides is 1. The average molecular weight is 749 g/mol. The Labute approximate surface area is 306 Å². The van der Waals surface area contributed by atoms with Crippen LogP contribution in [0.4, 0.5) is 18.0 Å². The molecule has 1 aliphatic rings. The van der Waals surface area contributed by atoms with Crippen LogP contribution in [0.5, 0.6) is 0 Å². The summed E-state index contributed by atoms with van der Waals surface area (Å²) in [5.74, 6) is -3.75. The largest absolute Gasteiger partial charge is 0.444 e. The second-order valence-corrected chi connectivity index (χ2v) is 15.6. The van der Waals surface area contributed by atoms with Crippen LogP contribution in [0.15, 0.2) is 101 Å². The smallest absolute Gasteiger partial charge is 0.410 e. The molecule has 0 aliphatic carbocycles. The molecule has 1 amide bonds. The van der Waals surface area contributed by atoms with Crippen molar-refractivity contribution < 1.29 is 35.9 Å². The van der Waals surface area contributed by atoms with Gasteiger partial charge >= 0.3 is 6.09 Å². The molecular weight excluding hydrogens is 710 g/mol. The lowest BCUT2D eigenvalue weighted by Crippen LogP contribution is -2.57. The van der Waals surface area contributed by atoms with E-state index in [-0.39, 0.29) is 59.6 Å². The van der Waals surface area contributed by atoms with Crippen molar-refractivity contribution in [2.45, 2.75) is 68.5 Å². The van der Waals surface area contributed by atoms with Crippen LogP contribution in [0, 0.1) is 17.5 Å². The number of amides is 1. The van der Waals surface area contributed by atoms with E-state index < -0.39 is 69.4 Å². The average Bonchev–Trinajstić information content (AvgIpc) is 3.11. The number of azide groups is 1. The summed E-state index contributed by atoms with van der Waals surface area (Å²) in [6.45, 7) is 5.15. The highest BCUT2D eigenvalue weighted by molar-refractivity contribution is 7.89. The van der Waals surface area contributed by atoms with Gasteiger partial charge in [0, 0.05) is 49.1 Å². The number of ether oxygens (including phenoxy) is 1. The zero-order valence-corrected chi connectivity index (χ0v) is 30.2. The molecule has 0 radical (unpaired) electrons. The molecule has 15 heteroatoms. The van der Waals surface area contributed by atoms with Crippen LogP contribution in [0.3, 0.4) is 0 Å². The van der Waals surface area contributed by atoms with Crippen LogP contribution in [-0.4, -0.2) is 71.8 Å².